The monoisotopic (exact) mass is 375 g/mol. The summed E-state index contributed by atoms with van der Waals surface area (Å²) >= 11 is 5.97. The highest BCUT2D eigenvalue weighted by Crippen LogP contribution is 2.13. The number of halogens is 2. The van der Waals surface area contributed by atoms with E-state index in [1.165, 1.54) is 6.07 Å². The SMILES string of the molecule is O=C(NCCc1cccc(Cl)c1)N1CCN(Cc2ccccc2F)CC1. The molecule has 1 saturated heterocycles. The van der Waals surface area contributed by atoms with E-state index in [9.17, 15) is 9.18 Å². The minimum atomic E-state index is -0.173. The summed E-state index contributed by atoms with van der Waals surface area (Å²) in [5.74, 6) is -0.173. The molecule has 1 aliphatic heterocycles. The third-order valence-corrected chi connectivity index (χ3v) is 4.83. The van der Waals surface area contributed by atoms with E-state index in [1.807, 2.05) is 41.3 Å². The number of amides is 2. The second kappa shape index (κ2) is 9.01. The third-order valence-electron chi connectivity index (χ3n) is 4.59. The maximum absolute atomic E-state index is 13.7. The standard InChI is InChI=1S/C20H23ClFN3O/c21-18-6-3-4-16(14-18)8-9-23-20(26)25-12-10-24(11-13-25)15-17-5-1-2-7-19(17)22/h1-7,14H,8-13,15H2,(H,23,26). The van der Waals surface area contributed by atoms with E-state index < -0.39 is 0 Å². The van der Waals surface area contributed by atoms with E-state index in [0.29, 0.717) is 36.8 Å². The number of carbonyl (C=O) groups excluding carboxylic acids is 1. The second-order valence-electron chi connectivity index (χ2n) is 6.47. The third kappa shape index (κ3) is 5.19. The van der Waals surface area contributed by atoms with Crippen LogP contribution in [0.3, 0.4) is 0 Å². The maximum Gasteiger partial charge on any atom is 0.317 e. The minimum absolute atomic E-state index is 0.0439. The van der Waals surface area contributed by atoms with Crippen LogP contribution in [-0.4, -0.2) is 48.6 Å². The van der Waals surface area contributed by atoms with Crippen LogP contribution in [0.5, 0.6) is 0 Å². The van der Waals surface area contributed by atoms with Gasteiger partial charge in [-0.1, -0.05) is 41.9 Å². The van der Waals surface area contributed by atoms with E-state index in [1.54, 1.807) is 6.07 Å². The molecule has 1 fully saturated rings. The lowest BCUT2D eigenvalue weighted by molar-refractivity contribution is 0.134. The van der Waals surface area contributed by atoms with E-state index >= 15 is 0 Å². The topological polar surface area (TPSA) is 35.6 Å². The van der Waals surface area contributed by atoms with Crippen molar-refractivity contribution in [2.75, 3.05) is 32.7 Å². The summed E-state index contributed by atoms with van der Waals surface area (Å²) in [7, 11) is 0. The van der Waals surface area contributed by atoms with Gasteiger partial charge in [-0.2, -0.15) is 0 Å². The quantitative estimate of drug-likeness (QED) is 0.867. The fraction of sp³-hybridized carbons (Fsp3) is 0.350. The molecule has 0 aromatic heterocycles. The highest BCUT2D eigenvalue weighted by molar-refractivity contribution is 6.30. The molecule has 1 heterocycles. The molecule has 138 valence electrons. The maximum atomic E-state index is 13.7. The van der Waals surface area contributed by atoms with Crippen LogP contribution in [0.1, 0.15) is 11.1 Å². The van der Waals surface area contributed by atoms with Crippen molar-refractivity contribution in [3.05, 3.63) is 70.5 Å². The number of urea groups is 1. The van der Waals surface area contributed by atoms with Crippen molar-refractivity contribution >= 4 is 17.6 Å². The van der Waals surface area contributed by atoms with Crippen LogP contribution in [0.15, 0.2) is 48.5 Å². The predicted molar refractivity (Wildman–Crippen MR) is 102 cm³/mol. The smallest absolute Gasteiger partial charge is 0.317 e. The summed E-state index contributed by atoms with van der Waals surface area (Å²) in [5, 5.41) is 3.67. The molecule has 0 radical (unpaired) electrons. The highest BCUT2D eigenvalue weighted by Gasteiger charge is 2.21. The summed E-state index contributed by atoms with van der Waals surface area (Å²) < 4.78 is 13.7. The van der Waals surface area contributed by atoms with Crippen LogP contribution >= 0.6 is 11.6 Å². The Bertz CT molecular complexity index is 747. The van der Waals surface area contributed by atoms with Crippen LogP contribution in [0.2, 0.25) is 5.02 Å². The van der Waals surface area contributed by atoms with E-state index in [4.69, 9.17) is 11.6 Å². The number of hydrogen-bond donors (Lipinski definition) is 1. The largest absolute Gasteiger partial charge is 0.338 e. The average Bonchev–Trinajstić information content (AvgIpc) is 2.64. The Balaban J connectivity index is 1.40. The van der Waals surface area contributed by atoms with Crippen LogP contribution in [0, 0.1) is 5.82 Å². The van der Waals surface area contributed by atoms with Gasteiger partial charge in [-0.25, -0.2) is 9.18 Å². The van der Waals surface area contributed by atoms with Crippen molar-refractivity contribution in [2.45, 2.75) is 13.0 Å². The molecule has 1 aliphatic rings. The average molecular weight is 376 g/mol. The molecule has 0 bridgehead atoms. The summed E-state index contributed by atoms with van der Waals surface area (Å²) in [6, 6.07) is 14.5. The van der Waals surface area contributed by atoms with Crippen molar-refractivity contribution < 1.29 is 9.18 Å². The zero-order valence-electron chi connectivity index (χ0n) is 14.6. The van der Waals surface area contributed by atoms with E-state index in [0.717, 1.165) is 25.1 Å². The summed E-state index contributed by atoms with van der Waals surface area (Å²) in [5.41, 5.74) is 1.81. The van der Waals surface area contributed by atoms with Crippen LogP contribution in [-0.2, 0) is 13.0 Å². The predicted octanol–water partition coefficient (Wildman–Crippen LogP) is 3.55. The zero-order chi connectivity index (χ0) is 18.4. The summed E-state index contributed by atoms with van der Waals surface area (Å²) in [6.45, 7) is 3.95. The molecule has 0 atom stereocenters. The Kier molecular flexibility index (Phi) is 6.47. The van der Waals surface area contributed by atoms with Crippen molar-refractivity contribution in [1.82, 2.24) is 15.1 Å². The first-order valence-corrected chi connectivity index (χ1v) is 9.22. The van der Waals surface area contributed by atoms with Gasteiger partial charge >= 0.3 is 6.03 Å². The van der Waals surface area contributed by atoms with E-state index in [-0.39, 0.29) is 11.8 Å². The molecule has 0 spiro atoms. The highest BCUT2D eigenvalue weighted by atomic mass is 35.5. The Morgan fingerprint density at radius 1 is 1.08 bits per heavy atom. The summed E-state index contributed by atoms with van der Waals surface area (Å²) in [4.78, 5) is 16.3. The first-order valence-electron chi connectivity index (χ1n) is 8.85. The molecule has 2 aromatic carbocycles. The molecule has 4 nitrogen and oxygen atoms in total. The van der Waals surface area contributed by atoms with Crippen LogP contribution in [0.25, 0.3) is 0 Å². The van der Waals surface area contributed by atoms with Gasteiger partial charge in [0.1, 0.15) is 5.82 Å². The van der Waals surface area contributed by atoms with E-state index in [2.05, 4.69) is 10.2 Å². The minimum Gasteiger partial charge on any atom is -0.338 e. The Hall–Kier alpha value is -2.11. The first-order chi connectivity index (χ1) is 12.6. The molecule has 2 aromatic rings. The van der Waals surface area contributed by atoms with Crippen LogP contribution in [0.4, 0.5) is 9.18 Å². The van der Waals surface area contributed by atoms with Gasteiger partial charge in [0.2, 0.25) is 0 Å². The molecule has 0 aliphatic carbocycles. The van der Waals surface area contributed by atoms with Crippen molar-refractivity contribution in [3.63, 3.8) is 0 Å². The normalized spacial score (nSPS) is 15.1. The van der Waals surface area contributed by atoms with Crippen LogP contribution < -0.4 is 5.32 Å². The first kappa shape index (κ1) is 18.7. The van der Waals surface area contributed by atoms with Gasteiger partial charge in [0.25, 0.3) is 0 Å². The van der Waals surface area contributed by atoms with Gasteiger partial charge < -0.3 is 10.2 Å². The van der Waals surface area contributed by atoms with Gasteiger partial charge in [0.15, 0.2) is 0 Å². The number of piperazine rings is 1. The zero-order valence-corrected chi connectivity index (χ0v) is 15.4. The molecule has 0 unspecified atom stereocenters. The lowest BCUT2D eigenvalue weighted by atomic mass is 10.1. The van der Waals surface area contributed by atoms with Crippen molar-refractivity contribution in [2.24, 2.45) is 0 Å². The molecule has 2 amide bonds. The Labute approximate surface area is 158 Å². The lowest BCUT2D eigenvalue weighted by Crippen LogP contribution is -2.51. The Morgan fingerprint density at radius 3 is 2.58 bits per heavy atom. The van der Waals surface area contributed by atoms with Crippen molar-refractivity contribution in [1.29, 1.82) is 0 Å². The Morgan fingerprint density at radius 2 is 1.85 bits per heavy atom. The van der Waals surface area contributed by atoms with Gasteiger partial charge in [-0.3, -0.25) is 4.90 Å². The van der Waals surface area contributed by atoms with Gasteiger partial charge in [-0.05, 0) is 30.2 Å². The van der Waals surface area contributed by atoms with Crippen molar-refractivity contribution in [3.8, 4) is 0 Å². The number of nitrogens with one attached hydrogen (secondary N) is 1. The number of benzene rings is 2. The lowest BCUT2D eigenvalue weighted by Gasteiger charge is -2.34. The molecule has 3 rings (SSSR count). The number of carbonyl (C=O) groups is 1. The van der Waals surface area contributed by atoms with Gasteiger partial charge in [0, 0.05) is 49.9 Å². The number of nitrogens with zero attached hydrogens (tertiary/aromatic N) is 2. The molecular formula is C20H23ClFN3O. The second-order valence-corrected chi connectivity index (χ2v) is 6.90. The van der Waals surface area contributed by atoms with Gasteiger partial charge in [0.05, 0.1) is 0 Å². The molecule has 6 heteroatoms. The molecule has 0 saturated carbocycles. The molecule has 1 N–H and O–H groups in total. The molecular weight excluding hydrogens is 353 g/mol. The number of rotatable bonds is 5. The fourth-order valence-corrected chi connectivity index (χ4v) is 3.31. The molecule has 26 heavy (non-hydrogen) atoms. The summed E-state index contributed by atoms with van der Waals surface area (Å²) in [6.07, 6.45) is 0.750. The van der Waals surface area contributed by atoms with Gasteiger partial charge in [-0.15, -0.1) is 0 Å². The fourth-order valence-electron chi connectivity index (χ4n) is 3.09. The number of hydrogen-bond acceptors (Lipinski definition) is 2.